The van der Waals surface area contributed by atoms with E-state index in [4.69, 9.17) is 9.47 Å². The molecule has 1 aromatic carbocycles. The fourth-order valence-corrected chi connectivity index (χ4v) is 2.87. The van der Waals surface area contributed by atoms with Crippen LogP contribution in [0.1, 0.15) is 32.4 Å². The van der Waals surface area contributed by atoms with Gasteiger partial charge in [-0.25, -0.2) is 14.8 Å². The summed E-state index contributed by atoms with van der Waals surface area (Å²) in [7, 11) is 1.32. The van der Waals surface area contributed by atoms with Crippen molar-refractivity contribution in [3.8, 4) is 5.75 Å². The van der Waals surface area contributed by atoms with Crippen LogP contribution in [0.4, 0.5) is 26.5 Å². The first-order chi connectivity index (χ1) is 14.1. The first-order valence-corrected chi connectivity index (χ1v) is 9.17. The maximum atomic E-state index is 13.8. The summed E-state index contributed by atoms with van der Waals surface area (Å²) in [6, 6.07) is 3.68. The van der Waals surface area contributed by atoms with E-state index < -0.39 is 22.0 Å². The van der Waals surface area contributed by atoms with Crippen LogP contribution in [0.5, 0.6) is 5.75 Å². The number of amides is 1. The normalized spacial score (nSPS) is 14.1. The molecule has 0 bridgehead atoms. The molecule has 10 nitrogen and oxygen atoms in total. The van der Waals surface area contributed by atoms with Crippen LogP contribution in [0.25, 0.3) is 0 Å². The number of nitro groups is 1. The highest BCUT2D eigenvalue weighted by Gasteiger charge is 2.35. The largest absolute Gasteiger partial charge is 0.494 e. The maximum absolute atomic E-state index is 13.8. The van der Waals surface area contributed by atoms with Gasteiger partial charge in [0.25, 0.3) is 0 Å². The molecule has 2 aromatic rings. The number of rotatable bonds is 5. The second-order valence-electron chi connectivity index (χ2n) is 7.77. The van der Waals surface area contributed by atoms with Crippen LogP contribution in [0.3, 0.4) is 0 Å². The Morgan fingerprint density at radius 1 is 1.37 bits per heavy atom. The SMILES string of the molecule is COc1cc(F)c([N+](=O)[O-])cc1Nc1nccc(C2CN(C(=O)OC(C)(C)C)C2)n1. The molecule has 0 radical (unpaired) electrons. The van der Waals surface area contributed by atoms with Gasteiger partial charge in [-0.2, -0.15) is 4.39 Å². The van der Waals surface area contributed by atoms with Crippen LogP contribution in [-0.2, 0) is 4.74 Å². The Labute approximate surface area is 172 Å². The van der Waals surface area contributed by atoms with Crippen molar-refractivity contribution in [2.45, 2.75) is 32.3 Å². The molecule has 0 unspecified atom stereocenters. The van der Waals surface area contributed by atoms with E-state index in [2.05, 4.69) is 15.3 Å². The Morgan fingerprint density at radius 3 is 2.67 bits per heavy atom. The molecular formula is C19H22FN5O5. The zero-order valence-electron chi connectivity index (χ0n) is 17.0. The maximum Gasteiger partial charge on any atom is 0.410 e. The molecule has 1 fully saturated rings. The number of halogens is 1. The molecule has 1 saturated heterocycles. The summed E-state index contributed by atoms with van der Waals surface area (Å²) in [5, 5.41) is 13.8. The number of nitro benzene ring substituents is 1. The van der Waals surface area contributed by atoms with Crippen molar-refractivity contribution in [1.29, 1.82) is 0 Å². The predicted molar refractivity (Wildman–Crippen MR) is 105 cm³/mol. The number of hydrogen-bond donors (Lipinski definition) is 1. The van der Waals surface area contributed by atoms with Crippen LogP contribution < -0.4 is 10.1 Å². The lowest BCUT2D eigenvalue weighted by Crippen LogP contribution is -2.50. The number of nitrogens with zero attached hydrogens (tertiary/aromatic N) is 4. The van der Waals surface area contributed by atoms with Crippen molar-refractivity contribution < 1.29 is 23.6 Å². The predicted octanol–water partition coefficient (Wildman–Crippen LogP) is 3.61. The summed E-state index contributed by atoms with van der Waals surface area (Å²) >= 11 is 0. The molecule has 11 heteroatoms. The van der Waals surface area contributed by atoms with Gasteiger partial charge in [-0.15, -0.1) is 0 Å². The molecule has 3 rings (SSSR count). The number of aromatic nitrogens is 2. The molecule has 1 aliphatic heterocycles. The van der Waals surface area contributed by atoms with Crippen LogP contribution in [-0.4, -0.2) is 51.7 Å². The molecule has 1 amide bonds. The summed E-state index contributed by atoms with van der Waals surface area (Å²) in [6.45, 7) is 6.32. The summed E-state index contributed by atoms with van der Waals surface area (Å²) in [4.78, 5) is 32.4. The molecule has 0 spiro atoms. The quantitative estimate of drug-likeness (QED) is 0.576. The Morgan fingerprint density at radius 2 is 2.07 bits per heavy atom. The van der Waals surface area contributed by atoms with Gasteiger partial charge < -0.3 is 19.7 Å². The highest BCUT2D eigenvalue weighted by atomic mass is 19.1. The zero-order chi connectivity index (χ0) is 22.1. The lowest BCUT2D eigenvalue weighted by atomic mass is 9.97. The topological polar surface area (TPSA) is 120 Å². The second kappa shape index (κ2) is 8.09. The zero-order valence-corrected chi connectivity index (χ0v) is 17.0. The van der Waals surface area contributed by atoms with Gasteiger partial charge in [0.15, 0.2) is 0 Å². The lowest BCUT2D eigenvalue weighted by molar-refractivity contribution is -0.387. The summed E-state index contributed by atoms with van der Waals surface area (Å²) in [5.74, 6) is -0.756. The number of carbonyl (C=O) groups is 1. The lowest BCUT2D eigenvalue weighted by Gasteiger charge is -2.39. The fourth-order valence-electron chi connectivity index (χ4n) is 2.87. The Balaban J connectivity index is 1.73. The van der Waals surface area contributed by atoms with Gasteiger partial charge in [0, 0.05) is 37.3 Å². The third kappa shape index (κ3) is 4.73. The second-order valence-corrected chi connectivity index (χ2v) is 7.77. The van der Waals surface area contributed by atoms with E-state index in [1.807, 2.05) is 0 Å². The fraction of sp³-hybridized carbons (Fsp3) is 0.421. The van der Waals surface area contributed by atoms with Crippen LogP contribution in [0.15, 0.2) is 24.4 Å². The number of anilines is 2. The van der Waals surface area contributed by atoms with E-state index in [1.165, 1.54) is 13.3 Å². The number of carbonyl (C=O) groups excluding carboxylic acids is 1. The van der Waals surface area contributed by atoms with Gasteiger partial charge >= 0.3 is 11.8 Å². The van der Waals surface area contributed by atoms with Crippen molar-refractivity contribution in [3.05, 3.63) is 46.0 Å². The van der Waals surface area contributed by atoms with Crippen molar-refractivity contribution in [3.63, 3.8) is 0 Å². The Hall–Kier alpha value is -3.50. The first-order valence-electron chi connectivity index (χ1n) is 9.17. The molecule has 0 aliphatic carbocycles. The average molecular weight is 419 g/mol. The number of methoxy groups -OCH3 is 1. The van der Waals surface area contributed by atoms with Crippen molar-refractivity contribution >= 4 is 23.4 Å². The standard InChI is InChI=1S/C19H22FN5O5/c1-19(2,3)30-18(26)24-9-11(10-24)13-5-6-21-17(22-13)23-14-8-15(25(27)28)12(20)7-16(14)29-4/h5-8,11H,9-10H2,1-4H3,(H,21,22,23). The summed E-state index contributed by atoms with van der Waals surface area (Å²) in [6.07, 6.45) is 1.15. The van der Waals surface area contributed by atoms with Crippen LogP contribution in [0.2, 0.25) is 0 Å². The van der Waals surface area contributed by atoms with E-state index in [9.17, 15) is 19.3 Å². The third-order valence-corrected chi connectivity index (χ3v) is 4.34. The van der Waals surface area contributed by atoms with Crippen LogP contribution in [0, 0.1) is 15.9 Å². The van der Waals surface area contributed by atoms with E-state index in [1.54, 1.807) is 31.7 Å². The van der Waals surface area contributed by atoms with Gasteiger partial charge in [0.2, 0.25) is 11.8 Å². The number of nitrogens with one attached hydrogen (secondary N) is 1. The van der Waals surface area contributed by atoms with E-state index in [-0.39, 0.29) is 29.4 Å². The van der Waals surface area contributed by atoms with Crippen molar-refractivity contribution in [1.82, 2.24) is 14.9 Å². The Bertz CT molecular complexity index is 972. The molecule has 0 saturated carbocycles. The molecular weight excluding hydrogens is 397 g/mol. The van der Waals surface area contributed by atoms with Crippen molar-refractivity contribution in [2.75, 3.05) is 25.5 Å². The van der Waals surface area contributed by atoms with Crippen LogP contribution >= 0.6 is 0 Å². The van der Waals surface area contributed by atoms with E-state index in [0.717, 1.165) is 12.1 Å². The van der Waals surface area contributed by atoms with Gasteiger partial charge in [-0.05, 0) is 26.8 Å². The minimum Gasteiger partial charge on any atom is -0.494 e. The molecule has 0 atom stereocenters. The number of likely N-dealkylation sites (tertiary alicyclic amines) is 1. The molecule has 30 heavy (non-hydrogen) atoms. The summed E-state index contributed by atoms with van der Waals surface area (Å²) in [5.41, 5.74) is -0.401. The van der Waals surface area contributed by atoms with E-state index in [0.29, 0.717) is 18.8 Å². The minimum atomic E-state index is -1.01. The van der Waals surface area contributed by atoms with Gasteiger partial charge in [-0.3, -0.25) is 10.1 Å². The first kappa shape index (κ1) is 21.2. The van der Waals surface area contributed by atoms with Gasteiger partial charge in [0.05, 0.1) is 23.4 Å². The van der Waals surface area contributed by atoms with Gasteiger partial charge in [0.1, 0.15) is 11.4 Å². The highest BCUT2D eigenvalue weighted by Crippen LogP contribution is 2.34. The highest BCUT2D eigenvalue weighted by molar-refractivity contribution is 5.70. The monoisotopic (exact) mass is 419 g/mol. The number of ether oxygens (including phenoxy) is 2. The third-order valence-electron chi connectivity index (χ3n) is 4.34. The molecule has 160 valence electrons. The molecule has 1 aliphatic rings. The van der Waals surface area contributed by atoms with Gasteiger partial charge in [-0.1, -0.05) is 0 Å². The minimum absolute atomic E-state index is 0.00511. The number of hydrogen-bond acceptors (Lipinski definition) is 8. The molecule has 1 aromatic heterocycles. The smallest absolute Gasteiger partial charge is 0.410 e. The van der Waals surface area contributed by atoms with E-state index >= 15 is 0 Å². The number of benzene rings is 1. The molecule has 2 heterocycles. The average Bonchev–Trinajstić information content (AvgIpc) is 2.60. The summed E-state index contributed by atoms with van der Waals surface area (Å²) < 4.78 is 24.2. The Kier molecular flexibility index (Phi) is 5.72. The molecule has 1 N–H and O–H groups in total. The van der Waals surface area contributed by atoms with Crippen molar-refractivity contribution in [2.24, 2.45) is 0 Å².